The van der Waals surface area contributed by atoms with Crippen LogP contribution in [0.25, 0.3) is 0 Å². The van der Waals surface area contributed by atoms with Crippen LogP contribution < -0.4 is 0 Å². The summed E-state index contributed by atoms with van der Waals surface area (Å²) in [5.41, 5.74) is 0. The molecule has 0 radical (unpaired) electrons. The average Bonchev–Trinajstić information content (AvgIpc) is 2.89. The number of esters is 1. The fourth-order valence-electron chi connectivity index (χ4n) is 5.41. The summed E-state index contributed by atoms with van der Waals surface area (Å²) in [5, 5.41) is 0. The first-order valence-electron chi connectivity index (χ1n) is 17.3. The summed E-state index contributed by atoms with van der Waals surface area (Å²) in [6.07, 6.45) is 32.1. The number of hydrogen-bond donors (Lipinski definition) is 0. The van der Waals surface area contributed by atoms with Crippen LogP contribution >= 0.6 is 0 Å². The average molecular weight is 553 g/mol. The Labute approximate surface area is 245 Å². The highest BCUT2D eigenvalue weighted by atomic mass is 16.5. The molecule has 0 amide bonds. The summed E-state index contributed by atoms with van der Waals surface area (Å²) >= 11 is 0. The van der Waals surface area contributed by atoms with Crippen LogP contribution in [-0.4, -0.2) is 50.0 Å². The summed E-state index contributed by atoms with van der Waals surface area (Å²) in [6.45, 7) is 4.76. The summed E-state index contributed by atoms with van der Waals surface area (Å²) in [4.78, 5) is 25.3. The third-order valence-corrected chi connectivity index (χ3v) is 8.22. The van der Waals surface area contributed by atoms with Gasteiger partial charge in [-0.3, -0.25) is 9.59 Å². The minimum Gasteiger partial charge on any atom is -0.459 e. The highest BCUT2D eigenvalue weighted by Crippen LogP contribution is 2.16. The Morgan fingerprint density at radius 1 is 0.487 bits per heavy atom. The maximum atomic E-state index is 13.0. The standard InChI is InChI=1S/C35H70NO3/c1-6-8-10-12-14-16-18-19-21-22-24-26-28-30-34(37)33(36(3,4)5)32-39-35(38)31-29-27-25-23-20-17-15-13-11-9-7-2/h33H,6-32H2,1-5H3/q+1/t33-/m0/s1. The summed E-state index contributed by atoms with van der Waals surface area (Å²) in [5.74, 6) is 0.103. The van der Waals surface area contributed by atoms with E-state index in [9.17, 15) is 9.59 Å². The number of rotatable bonds is 30. The number of unbranched alkanes of at least 4 members (excludes halogenated alkanes) is 22. The Balaban J connectivity index is 3.84. The summed E-state index contributed by atoms with van der Waals surface area (Å²) in [6, 6.07) is -0.261. The molecule has 0 saturated carbocycles. The normalized spacial score (nSPS) is 12.5. The molecule has 0 aromatic carbocycles. The molecular formula is C35H70NO3+. The zero-order valence-corrected chi connectivity index (χ0v) is 27.3. The molecule has 1 atom stereocenters. The van der Waals surface area contributed by atoms with Crippen LogP contribution in [0.15, 0.2) is 0 Å². The monoisotopic (exact) mass is 553 g/mol. The van der Waals surface area contributed by atoms with Gasteiger partial charge in [-0.15, -0.1) is 0 Å². The van der Waals surface area contributed by atoms with Crippen molar-refractivity contribution in [2.45, 2.75) is 187 Å². The zero-order valence-electron chi connectivity index (χ0n) is 27.3. The second kappa shape index (κ2) is 27.3. The van der Waals surface area contributed by atoms with Crippen LogP contribution in [-0.2, 0) is 14.3 Å². The fourth-order valence-corrected chi connectivity index (χ4v) is 5.41. The summed E-state index contributed by atoms with van der Waals surface area (Å²) < 4.78 is 6.10. The van der Waals surface area contributed by atoms with Crippen molar-refractivity contribution in [1.29, 1.82) is 0 Å². The molecule has 0 saturated heterocycles. The third kappa shape index (κ3) is 25.8. The predicted octanol–water partition coefficient (Wildman–Crippen LogP) is 10.4. The molecule has 232 valence electrons. The Bertz CT molecular complexity index is 555. The zero-order chi connectivity index (χ0) is 29.0. The second-order valence-corrected chi connectivity index (χ2v) is 13.1. The van der Waals surface area contributed by atoms with E-state index in [1.54, 1.807) is 0 Å². The largest absolute Gasteiger partial charge is 0.459 e. The smallest absolute Gasteiger partial charge is 0.306 e. The first-order valence-corrected chi connectivity index (χ1v) is 17.3. The molecule has 0 N–H and O–H groups in total. The molecule has 0 spiro atoms. The quantitative estimate of drug-likeness (QED) is 0.0505. The van der Waals surface area contributed by atoms with Gasteiger partial charge in [0.25, 0.3) is 0 Å². The van der Waals surface area contributed by atoms with E-state index in [4.69, 9.17) is 4.74 Å². The lowest BCUT2D eigenvalue weighted by Crippen LogP contribution is -2.52. The first kappa shape index (κ1) is 38.1. The van der Waals surface area contributed by atoms with Crippen LogP contribution in [0, 0.1) is 0 Å². The number of carbonyl (C=O) groups excluding carboxylic acids is 2. The van der Waals surface area contributed by atoms with Gasteiger partial charge in [-0.2, -0.15) is 0 Å². The number of likely N-dealkylation sites (N-methyl/N-ethyl adjacent to an activating group) is 1. The number of quaternary nitrogens is 1. The van der Waals surface area contributed by atoms with Crippen molar-refractivity contribution >= 4 is 11.8 Å². The van der Waals surface area contributed by atoms with Crippen molar-refractivity contribution in [3.05, 3.63) is 0 Å². The molecule has 0 fully saturated rings. The Hall–Kier alpha value is -0.900. The molecule has 0 aromatic heterocycles. The lowest BCUT2D eigenvalue weighted by molar-refractivity contribution is -0.886. The van der Waals surface area contributed by atoms with Crippen molar-refractivity contribution < 1.29 is 18.8 Å². The van der Waals surface area contributed by atoms with Gasteiger partial charge in [0.2, 0.25) is 0 Å². The van der Waals surface area contributed by atoms with Gasteiger partial charge in [0.05, 0.1) is 21.1 Å². The van der Waals surface area contributed by atoms with Gasteiger partial charge in [-0.25, -0.2) is 0 Å². The number of nitrogens with zero attached hydrogens (tertiary/aromatic N) is 1. The van der Waals surface area contributed by atoms with Gasteiger partial charge in [-0.05, 0) is 12.8 Å². The number of ketones is 1. The highest BCUT2D eigenvalue weighted by Gasteiger charge is 2.32. The first-order chi connectivity index (χ1) is 18.8. The third-order valence-electron chi connectivity index (χ3n) is 8.22. The minimum atomic E-state index is -0.261. The van der Waals surface area contributed by atoms with E-state index in [2.05, 4.69) is 13.8 Å². The molecule has 0 heterocycles. The lowest BCUT2D eigenvalue weighted by Gasteiger charge is -2.32. The van der Waals surface area contributed by atoms with Gasteiger partial charge in [-0.1, -0.05) is 155 Å². The Kier molecular flexibility index (Phi) is 26.6. The highest BCUT2D eigenvalue weighted by molar-refractivity contribution is 5.83. The molecule has 0 bridgehead atoms. The van der Waals surface area contributed by atoms with E-state index >= 15 is 0 Å². The molecule has 0 rings (SSSR count). The molecule has 39 heavy (non-hydrogen) atoms. The lowest BCUT2D eigenvalue weighted by atomic mass is 10.0. The molecule has 0 unspecified atom stereocenters. The number of carbonyl (C=O) groups is 2. The van der Waals surface area contributed by atoms with Gasteiger partial charge in [0.15, 0.2) is 18.4 Å². The van der Waals surface area contributed by atoms with E-state index in [1.165, 1.54) is 128 Å². The van der Waals surface area contributed by atoms with E-state index in [1.807, 2.05) is 21.1 Å². The van der Waals surface area contributed by atoms with Crippen molar-refractivity contribution in [1.82, 2.24) is 0 Å². The van der Waals surface area contributed by atoms with E-state index in [-0.39, 0.29) is 24.4 Å². The second-order valence-electron chi connectivity index (χ2n) is 13.1. The van der Waals surface area contributed by atoms with Crippen molar-refractivity contribution in [3.63, 3.8) is 0 Å². The number of Topliss-reactive ketones (excluding diaryl/α,β-unsaturated/α-hetero) is 1. The fraction of sp³-hybridized carbons (Fsp3) is 0.943. The molecule has 0 aliphatic rings. The maximum absolute atomic E-state index is 13.0. The number of hydrogen-bond acceptors (Lipinski definition) is 3. The minimum absolute atomic E-state index is 0.141. The van der Waals surface area contributed by atoms with Crippen LogP contribution in [0.5, 0.6) is 0 Å². The molecule has 4 heteroatoms. The van der Waals surface area contributed by atoms with Crippen LogP contribution in [0.3, 0.4) is 0 Å². The summed E-state index contributed by atoms with van der Waals surface area (Å²) in [7, 11) is 6.10. The van der Waals surface area contributed by atoms with Gasteiger partial charge < -0.3 is 9.22 Å². The van der Waals surface area contributed by atoms with E-state index in [0.717, 1.165) is 25.7 Å². The Morgan fingerprint density at radius 2 is 0.795 bits per heavy atom. The van der Waals surface area contributed by atoms with Crippen molar-refractivity contribution in [2.24, 2.45) is 0 Å². The topological polar surface area (TPSA) is 43.4 Å². The van der Waals surface area contributed by atoms with Gasteiger partial charge >= 0.3 is 5.97 Å². The van der Waals surface area contributed by atoms with E-state index < -0.39 is 0 Å². The maximum Gasteiger partial charge on any atom is 0.306 e. The van der Waals surface area contributed by atoms with Gasteiger partial charge in [0.1, 0.15) is 0 Å². The Morgan fingerprint density at radius 3 is 1.13 bits per heavy atom. The van der Waals surface area contributed by atoms with Crippen LogP contribution in [0.2, 0.25) is 0 Å². The van der Waals surface area contributed by atoms with Crippen molar-refractivity contribution in [2.75, 3.05) is 27.7 Å². The SMILES string of the molecule is CCCCCCCCCCCCCCCC(=O)[C@H](COC(=O)CCCCCCCCCCCCC)[N+](C)(C)C. The van der Waals surface area contributed by atoms with Crippen LogP contribution in [0.4, 0.5) is 0 Å². The van der Waals surface area contributed by atoms with Crippen molar-refractivity contribution in [3.8, 4) is 0 Å². The molecule has 4 nitrogen and oxygen atoms in total. The predicted molar refractivity (Wildman–Crippen MR) is 169 cm³/mol. The molecule has 0 aliphatic heterocycles. The molecule has 0 aliphatic carbocycles. The molecular weight excluding hydrogens is 482 g/mol. The van der Waals surface area contributed by atoms with Crippen LogP contribution in [0.1, 0.15) is 181 Å². The number of ether oxygens (including phenoxy) is 1. The molecule has 0 aromatic rings. The van der Waals surface area contributed by atoms with Gasteiger partial charge in [0, 0.05) is 12.8 Å². The van der Waals surface area contributed by atoms with E-state index in [0.29, 0.717) is 17.3 Å².